The molecule has 10 heteroatoms. The average molecular weight is 427 g/mol. The largest absolute Gasteiger partial charge is 0.505 e. The summed E-state index contributed by atoms with van der Waals surface area (Å²) in [5.41, 5.74) is 0.570. The van der Waals surface area contributed by atoms with Crippen molar-refractivity contribution in [1.82, 2.24) is 0 Å². The SMILES string of the molecule is O=C(O)CC(=O)OC(C1=CC=COC1)C1=C(c2ccccc2)C=C(O)C([N+](=O)[O-])C1=O. The molecule has 0 aromatic heterocycles. The molecule has 160 valence electrons. The maximum absolute atomic E-state index is 13.2. The number of aliphatic hydroxyl groups is 1. The third-order valence-corrected chi connectivity index (χ3v) is 4.55. The van der Waals surface area contributed by atoms with E-state index in [9.17, 15) is 29.6 Å². The number of ketones is 1. The maximum Gasteiger partial charge on any atom is 0.330 e. The number of carboxylic acids is 1. The molecule has 1 aromatic rings. The normalized spacial score (nSPS) is 19.1. The fourth-order valence-electron chi connectivity index (χ4n) is 3.24. The molecule has 0 fully saturated rings. The highest BCUT2D eigenvalue weighted by atomic mass is 16.6. The number of carbonyl (C=O) groups excluding carboxylic acids is 2. The molecule has 0 spiro atoms. The van der Waals surface area contributed by atoms with Crippen LogP contribution in [0, 0.1) is 10.1 Å². The third kappa shape index (κ3) is 4.69. The number of Topliss-reactive ketones (excluding diaryl/α,β-unsaturated/α-hetero) is 1. The molecular weight excluding hydrogens is 410 g/mol. The van der Waals surface area contributed by atoms with E-state index in [0.29, 0.717) is 5.56 Å². The summed E-state index contributed by atoms with van der Waals surface area (Å²) in [6.45, 7) is -0.0980. The van der Waals surface area contributed by atoms with Gasteiger partial charge in [0.1, 0.15) is 13.0 Å². The second-order valence-electron chi connectivity index (χ2n) is 6.64. The number of aliphatic carboxylic acids is 1. The van der Waals surface area contributed by atoms with E-state index >= 15 is 0 Å². The molecule has 31 heavy (non-hydrogen) atoms. The summed E-state index contributed by atoms with van der Waals surface area (Å²) >= 11 is 0. The maximum atomic E-state index is 13.2. The van der Waals surface area contributed by atoms with Crippen LogP contribution in [0.25, 0.3) is 5.57 Å². The van der Waals surface area contributed by atoms with E-state index in [1.165, 1.54) is 18.4 Å². The smallest absolute Gasteiger partial charge is 0.330 e. The van der Waals surface area contributed by atoms with Gasteiger partial charge in [-0.2, -0.15) is 0 Å². The van der Waals surface area contributed by atoms with Crippen molar-refractivity contribution >= 4 is 23.3 Å². The number of carboxylic acid groups (broad SMARTS) is 1. The van der Waals surface area contributed by atoms with Gasteiger partial charge in [0.15, 0.2) is 11.9 Å². The zero-order chi connectivity index (χ0) is 22.5. The minimum Gasteiger partial charge on any atom is -0.505 e. The molecular formula is C21H17NO9. The van der Waals surface area contributed by atoms with Crippen LogP contribution >= 0.6 is 0 Å². The highest BCUT2D eigenvalue weighted by Gasteiger charge is 2.45. The Balaban J connectivity index is 2.21. The number of nitro groups is 1. The van der Waals surface area contributed by atoms with E-state index in [1.54, 1.807) is 30.3 Å². The first-order chi connectivity index (χ1) is 14.8. The summed E-state index contributed by atoms with van der Waals surface area (Å²) in [7, 11) is 0. The van der Waals surface area contributed by atoms with Gasteiger partial charge in [-0.05, 0) is 23.3 Å². The predicted molar refractivity (Wildman–Crippen MR) is 105 cm³/mol. The van der Waals surface area contributed by atoms with Gasteiger partial charge in [-0.1, -0.05) is 36.4 Å². The minimum absolute atomic E-state index is 0.0980. The molecule has 0 saturated carbocycles. The number of carbonyl (C=O) groups is 3. The number of hydrogen-bond donors (Lipinski definition) is 2. The first-order valence-corrected chi connectivity index (χ1v) is 9.06. The molecule has 2 unspecified atom stereocenters. The van der Waals surface area contributed by atoms with E-state index in [-0.39, 0.29) is 23.3 Å². The lowest BCUT2D eigenvalue weighted by atomic mass is 9.82. The number of aliphatic hydroxyl groups excluding tert-OH is 1. The summed E-state index contributed by atoms with van der Waals surface area (Å²) in [6, 6.07) is 6.17. The van der Waals surface area contributed by atoms with Crippen molar-refractivity contribution in [2.45, 2.75) is 18.6 Å². The zero-order valence-electron chi connectivity index (χ0n) is 16.0. The van der Waals surface area contributed by atoms with E-state index in [1.807, 2.05) is 0 Å². The van der Waals surface area contributed by atoms with Gasteiger partial charge in [-0.15, -0.1) is 0 Å². The predicted octanol–water partition coefficient (Wildman–Crippen LogP) is 1.97. The Morgan fingerprint density at radius 3 is 2.58 bits per heavy atom. The first kappa shape index (κ1) is 21.5. The molecule has 3 rings (SSSR count). The molecule has 1 aromatic carbocycles. The van der Waals surface area contributed by atoms with Crippen LogP contribution in [0.5, 0.6) is 0 Å². The monoisotopic (exact) mass is 427 g/mol. The third-order valence-electron chi connectivity index (χ3n) is 4.55. The van der Waals surface area contributed by atoms with Crippen molar-refractivity contribution in [2.24, 2.45) is 0 Å². The van der Waals surface area contributed by atoms with E-state index in [0.717, 1.165) is 6.08 Å². The molecule has 2 aliphatic rings. The number of hydrogen-bond acceptors (Lipinski definition) is 8. The highest BCUT2D eigenvalue weighted by Crippen LogP contribution is 2.35. The second-order valence-corrected chi connectivity index (χ2v) is 6.64. The summed E-state index contributed by atoms with van der Waals surface area (Å²) < 4.78 is 10.5. The van der Waals surface area contributed by atoms with E-state index < -0.39 is 47.0 Å². The quantitative estimate of drug-likeness (QED) is 0.288. The Labute approximate surface area is 175 Å². The number of benzene rings is 1. The lowest BCUT2D eigenvalue weighted by Crippen LogP contribution is -2.41. The van der Waals surface area contributed by atoms with Crippen molar-refractivity contribution in [3.63, 3.8) is 0 Å². The molecule has 1 aliphatic carbocycles. The Bertz CT molecular complexity index is 1050. The summed E-state index contributed by atoms with van der Waals surface area (Å²) in [5, 5.41) is 30.5. The van der Waals surface area contributed by atoms with Gasteiger partial charge in [-0.3, -0.25) is 24.5 Å². The fourth-order valence-corrected chi connectivity index (χ4v) is 3.24. The zero-order valence-corrected chi connectivity index (χ0v) is 16.0. The van der Waals surface area contributed by atoms with Crippen molar-refractivity contribution < 1.29 is 39.0 Å². The molecule has 0 saturated heterocycles. The molecule has 2 N–H and O–H groups in total. The summed E-state index contributed by atoms with van der Waals surface area (Å²) in [6.07, 6.45) is 3.00. The van der Waals surface area contributed by atoms with Gasteiger partial charge >= 0.3 is 18.0 Å². The molecule has 10 nitrogen and oxygen atoms in total. The Morgan fingerprint density at radius 2 is 2.00 bits per heavy atom. The first-order valence-electron chi connectivity index (χ1n) is 9.06. The lowest BCUT2D eigenvalue weighted by Gasteiger charge is -2.28. The standard InChI is InChI=1S/C21H17NO9/c23-15-9-14(12-5-2-1-3-6-12)18(20(27)19(15)22(28)29)21(13-7-4-8-30-11-13)31-17(26)10-16(24)25/h1-9,19,21,23H,10-11H2,(H,24,25). The summed E-state index contributed by atoms with van der Waals surface area (Å²) in [5.74, 6) is -4.42. The lowest BCUT2D eigenvalue weighted by molar-refractivity contribution is -0.501. The van der Waals surface area contributed by atoms with E-state index in [2.05, 4.69) is 0 Å². The van der Waals surface area contributed by atoms with Crippen molar-refractivity contribution in [3.05, 3.63) is 87.4 Å². The molecule has 0 bridgehead atoms. The molecule has 2 atom stereocenters. The fraction of sp³-hybridized carbons (Fsp3) is 0.190. The number of nitrogens with zero attached hydrogens (tertiary/aromatic N) is 1. The van der Waals surface area contributed by atoms with Crippen LogP contribution in [-0.2, 0) is 23.9 Å². The van der Waals surface area contributed by atoms with Crippen molar-refractivity contribution in [2.75, 3.05) is 6.61 Å². The van der Waals surface area contributed by atoms with Gasteiger partial charge < -0.3 is 19.7 Å². The number of ether oxygens (including phenoxy) is 2. The van der Waals surface area contributed by atoms with Crippen molar-refractivity contribution in [1.29, 1.82) is 0 Å². The number of allylic oxidation sites excluding steroid dienone is 4. The van der Waals surface area contributed by atoms with Gasteiger partial charge in [0.2, 0.25) is 5.78 Å². The van der Waals surface area contributed by atoms with Crippen LogP contribution in [0.15, 0.2) is 71.7 Å². The van der Waals surface area contributed by atoms with Crippen LogP contribution < -0.4 is 0 Å². The van der Waals surface area contributed by atoms with Crippen LogP contribution in [0.4, 0.5) is 0 Å². The molecule has 0 amide bonds. The van der Waals surface area contributed by atoms with Gasteiger partial charge in [0, 0.05) is 10.5 Å². The number of esters is 1. The Kier molecular flexibility index (Phi) is 6.29. The number of rotatable bonds is 7. The molecule has 0 radical (unpaired) electrons. The van der Waals surface area contributed by atoms with Crippen LogP contribution in [0.1, 0.15) is 12.0 Å². The van der Waals surface area contributed by atoms with Gasteiger partial charge in [0.05, 0.1) is 11.8 Å². The second kappa shape index (κ2) is 9.08. The van der Waals surface area contributed by atoms with Crippen LogP contribution in [-0.4, -0.2) is 51.6 Å². The highest BCUT2D eigenvalue weighted by molar-refractivity contribution is 6.11. The minimum atomic E-state index is -2.08. The molecule has 1 heterocycles. The van der Waals surface area contributed by atoms with Gasteiger partial charge in [0.25, 0.3) is 0 Å². The Hall–Kier alpha value is -4.21. The summed E-state index contributed by atoms with van der Waals surface area (Å²) in [4.78, 5) is 46.7. The van der Waals surface area contributed by atoms with Crippen molar-refractivity contribution in [3.8, 4) is 0 Å². The van der Waals surface area contributed by atoms with E-state index in [4.69, 9.17) is 14.6 Å². The Morgan fingerprint density at radius 1 is 1.29 bits per heavy atom. The average Bonchev–Trinajstić information content (AvgIpc) is 2.72. The van der Waals surface area contributed by atoms with Gasteiger partial charge in [-0.25, -0.2) is 0 Å². The molecule has 1 aliphatic heterocycles. The van der Waals surface area contributed by atoms with Crippen LogP contribution in [0.3, 0.4) is 0 Å². The van der Waals surface area contributed by atoms with Crippen LogP contribution in [0.2, 0.25) is 0 Å². The topological polar surface area (TPSA) is 153 Å².